The van der Waals surface area contributed by atoms with Crippen molar-refractivity contribution >= 4 is 33.4 Å². The van der Waals surface area contributed by atoms with Crippen LogP contribution in [-0.4, -0.2) is 34.6 Å². The van der Waals surface area contributed by atoms with Crippen molar-refractivity contribution in [1.82, 2.24) is 4.90 Å². The third-order valence-corrected chi connectivity index (χ3v) is 4.81. The molecule has 2 rings (SSSR count). The fourth-order valence-electron chi connectivity index (χ4n) is 2.35. The second kappa shape index (κ2) is 5.19. The van der Waals surface area contributed by atoms with Crippen molar-refractivity contribution < 1.29 is 9.90 Å². The number of carbonyl (C=O) groups excluding carboxylic acids is 1. The number of halogens is 2. The third kappa shape index (κ3) is 2.29. The SMILES string of the molecule is C[C@@]1(CO)CCCN1C(=O)c1cccc(Br)c1Cl. The quantitative estimate of drug-likeness (QED) is 0.904. The summed E-state index contributed by atoms with van der Waals surface area (Å²) in [6.07, 6.45) is 1.73. The molecule has 1 aromatic carbocycles. The van der Waals surface area contributed by atoms with Gasteiger partial charge in [0, 0.05) is 11.0 Å². The van der Waals surface area contributed by atoms with E-state index in [2.05, 4.69) is 15.9 Å². The van der Waals surface area contributed by atoms with E-state index in [1.54, 1.807) is 23.1 Å². The van der Waals surface area contributed by atoms with Crippen LogP contribution in [0.2, 0.25) is 5.02 Å². The highest BCUT2D eigenvalue weighted by molar-refractivity contribution is 9.10. The number of aliphatic hydroxyl groups excluding tert-OH is 1. The second-order valence-electron chi connectivity index (χ2n) is 4.82. The molecule has 0 spiro atoms. The van der Waals surface area contributed by atoms with Crippen molar-refractivity contribution in [2.45, 2.75) is 25.3 Å². The number of hydrogen-bond acceptors (Lipinski definition) is 2. The normalized spacial score (nSPS) is 23.4. The van der Waals surface area contributed by atoms with Crippen molar-refractivity contribution in [1.29, 1.82) is 0 Å². The summed E-state index contributed by atoms with van der Waals surface area (Å²) in [7, 11) is 0. The molecule has 0 aromatic heterocycles. The van der Waals surface area contributed by atoms with Crippen LogP contribution in [0.4, 0.5) is 0 Å². The first kappa shape index (κ1) is 13.8. The van der Waals surface area contributed by atoms with Gasteiger partial charge in [0.05, 0.1) is 22.7 Å². The van der Waals surface area contributed by atoms with Gasteiger partial charge in [0.15, 0.2) is 0 Å². The Morgan fingerprint density at radius 3 is 3.00 bits per heavy atom. The van der Waals surface area contributed by atoms with Crippen LogP contribution in [-0.2, 0) is 0 Å². The third-order valence-electron chi connectivity index (χ3n) is 3.52. The van der Waals surface area contributed by atoms with Gasteiger partial charge < -0.3 is 10.0 Å². The van der Waals surface area contributed by atoms with Crippen LogP contribution in [0.3, 0.4) is 0 Å². The van der Waals surface area contributed by atoms with Crippen molar-refractivity contribution in [2.75, 3.05) is 13.2 Å². The largest absolute Gasteiger partial charge is 0.394 e. The van der Waals surface area contributed by atoms with Gasteiger partial charge in [-0.3, -0.25) is 4.79 Å². The number of hydrogen-bond donors (Lipinski definition) is 1. The number of nitrogens with zero attached hydrogens (tertiary/aromatic N) is 1. The summed E-state index contributed by atoms with van der Waals surface area (Å²) < 4.78 is 0.708. The van der Waals surface area contributed by atoms with Crippen LogP contribution >= 0.6 is 27.5 Å². The van der Waals surface area contributed by atoms with Gasteiger partial charge >= 0.3 is 0 Å². The lowest BCUT2D eigenvalue weighted by Crippen LogP contribution is -2.47. The first-order chi connectivity index (χ1) is 8.49. The molecule has 1 fully saturated rings. The monoisotopic (exact) mass is 331 g/mol. The highest BCUT2D eigenvalue weighted by atomic mass is 79.9. The zero-order valence-corrected chi connectivity index (χ0v) is 12.5. The molecular formula is C13H15BrClNO2. The number of benzene rings is 1. The molecule has 1 aliphatic heterocycles. The molecule has 0 bridgehead atoms. The Balaban J connectivity index is 2.34. The van der Waals surface area contributed by atoms with E-state index in [0.717, 1.165) is 12.8 Å². The van der Waals surface area contributed by atoms with E-state index in [-0.39, 0.29) is 12.5 Å². The van der Waals surface area contributed by atoms with Gasteiger partial charge in [-0.15, -0.1) is 0 Å². The van der Waals surface area contributed by atoms with Crippen LogP contribution in [0, 0.1) is 0 Å². The summed E-state index contributed by atoms with van der Waals surface area (Å²) in [5.74, 6) is -0.115. The summed E-state index contributed by atoms with van der Waals surface area (Å²) in [4.78, 5) is 14.2. The first-order valence-corrected chi connectivity index (χ1v) is 7.03. The molecule has 1 saturated heterocycles. The van der Waals surface area contributed by atoms with Gasteiger partial charge in [-0.05, 0) is 47.8 Å². The predicted molar refractivity (Wildman–Crippen MR) is 74.9 cm³/mol. The Kier molecular flexibility index (Phi) is 3.99. The molecule has 1 atom stereocenters. The molecule has 0 saturated carbocycles. The number of carbonyl (C=O) groups is 1. The van der Waals surface area contributed by atoms with Crippen molar-refractivity contribution in [3.05, 3.63) is 33.3 Å². The zero-order chi connectivity index (χ0) is 13.3. The Hall–Kier alpha value is -0.580. The Morgan fingerprint density at radius 2 is 2.33 bits per heavy atom. The maximum absolute atomic E-state index is 12.5. The van der Waals surface area contributed by atoms with Crippen LogP contribution in [0.25, 0.3) is 0 Å². The minimum absolute atomic E-state index is 0.0235. The van der Waals surface area contributed by atoms with Gasteiger partial charge in [-0.25, -0.2) is 0 Å². The number of aliphatic hydroxyl groups is 1. The molecule has 3 nitrogen and oxygen atoms in total. The standard InChI is InChI=1S/C13H15BrClNO2/c1-13(8-17)6-3-7-16(13)12(18)9-4-2-5-10(14)11(9)15/h2,4-5,17H,3,6-8H2,1H3/t13-/m0/s1. The van der Waals surface area contributed by atoms with Crippen molar-refractivity contribution in [3.8, 4) is 0 Å². The molecule has 0 aliphatic carbocycles. The Labute approximate surface area is 120 Å². The fourth-order valence-corrected chi connectivity index (χ4v) is 2.92. The molecule has 0 unspecified atom stereocenters. The van der Waals surface area contributed by atoms with E-state index in [0.29, 0.717) is 21.6 Å². The van der Waals surface area contributed by atoms with E-state index in [4.69, 9.17) is 11.6 Å². The van der Waals surface area contributed by atoms with E-state index in [1.807, 2.05) is 6.92 Å². The average molecular weight is 333 g/mol. The number of likely N-dealkylation sites (tertiary alicyclic amines) is 1. The van der Waals surface area contributed by atoms with Crippen molar-refractivity contribution in [3.63, 3.8) is 0 Å². The lowest BCUT2D eigenvalue weighted by atomic mass is 9.99. The molecule has 0 radical (unpaired) electrons. The highest BCUT2D eigenvalue weighted by Crippen LogP contribution is 2.33. The summed E-state index contributed by atoms with van der Waals surface area (Å²) in [6, 6.07) is 5.30. The van der Waals surface area contributed by atoms with E-state index in [1.165, 1.54) is 0 Å². The zero-order valence-electron chi connectivity index (χ0n) is 10.1. The fraction of sp³-hybridized carbons (Fsp3) is 0.462. The van der Waals surface area contributed by atoms with Crippen LogP contribution in [0.1, 0.15) is 30.1 Å². The molecule has 1 amide bonds. The van der Waals surface area contributed by atoms with E-state index >= 15 is 0 Å². The number of amides is 1. The Morgan fingerprint density at radius 1 is 1.61 bits per heavy atom. The van der Waals surface area contributed by atoms with Gasteiger partial charge in [-0.2, -0.15) is 0 Å². The van der Waals surface area contributed by atoms with E-state index in [9.17, 15) is 9.90 Å². The molecule has 1 N–H and O–H groups in total. The predicted octanol–water partition coefficient (Wildman–Crippen LogP) is 3.09. The summed E-state index contributed by atoms with van der Waals surface area (Å²) in [6.45, 7) is 2.55. The maximum Gasteiger partial charge on any atom is 0.255 e. The minimum atomic E-state index is -0.470. The van der Waals surface area contributed by atoms with Crippen molar-refractivity contribution in [2.24, 2.45) is 0 Å². The average Bonchev–Trinajstić information content (AvgIpc) is 2.75. The molecule has 1 heterocycles. The van der Waals surface area contributed by atoms with Crippen LogP contribution < -0.4 is 0 Å². The summed E-state index contributed by atoms with van der Waals surface area (Å²) >= 11 is 9.46. The smallest absolute Gasteiger partial charge is 0.255 e. The lowest BCUT2D eigenvalue weighted by Gasteiger charge is -2.33. The Bertz CT molecular complexity index is 480. The second-order valence-corrected chi connectivity index (χ2v) is 6.05. The maximum atomic E-state index is 12.5. The molecule has 1 aromatic rings. The molecule has 1 aliphatic rings. The first-order valence-electron chi connectivity index (χ1n) is 5.86. The lowest BCUT2D eigenvalue weighted by molar-refractivity contribution is 0.0473. The molecule has 5 heteroatoms. The molecule has 98 valence electrons. The van der Waals surface area contributed by atoms with Crippen LogP contribution in [0.15, 0.2) is 22.7 Å². The van der Waals surface area contributed by atoms with Gasteiger partial charge in [0.25, 0.3) is 5.91 Å². The van der Waals surface area contributed by atoms with E-state index < -0.39 is 5.54 Å². The highest BCUT2D eigenvalue weighted by Gasteiger charge is 2.39. The molecule has 18 heavy (non-hydrogen) atoms. The van der Waals surface area contributed by atoms with Crippen LogP contribution in [0.5, 0.6) is 0 Å². The van der Waals surface area contributed by atoms with Gasteiger partial charge in [0.1, 0.15) is 0 Å². The van der Waals surface area contributed by atoms with Gasteiger partial charge in [0.2, 0.25) is 0 Å². The molecular weight excluding hydrogens is 318 g/mol. The minimum Gasteiger partial charge on any atom is -0.394 e. The summed E-state index contributed by atoms with van der Waals surface area (Å²) in [5, 5.41) is 9.90. The summed E-state index contributed by atoms with van der Waals surface area (Å²) in [5.41, 5.74) is 0.00976. The topological polar surface area (TPSA) is 40.5 Å². The number of rotatable bonds is 2. The van der Waals surface area contributed by atoms with Gasteiger partial charge in [-0.1, -0.05) is 17.7 Å².